The summed E-state index contributed by atoms with van der Waals surface area (Å²) in [5.74, 6) is 1.82. The van der Waals surface area contributed by atoms with Crippen LogP contribution in [0, 0.1) is 12.8 Å². The zero-order valence-electron chi connectivity index (χ0n) is 13.2. The molecular formula is C18H29NO. The molecule has 112 valence electrons. The van der Waals surface area contributed by atoms with Crippen LogP contribution >= 0.6 is 0 Å². The molecule has 0 spiro atoms. The Kier molecular flexibility index (Phi) is 5.90. The van der Waals surface area contributed by atoms with E-state index >= 15 is 0 Å². The first kappa shape index (κ1) is 15.4. The average Bonchev–Trinajstić information content (AvgIpc) is 2.47. The highest BCUT2D eigenvalue weighted by molar-refractivity contribution is 5.26. The highest BCUT2D eigenvalue weighted by atomic mass is 16.5. The molecule has 1 aliphatic carbocycles. The predicted molar refractivity (Wildman–Crippen MR) is 85.3 cm³/mol. The number of ether oxygens (including phenoxy) is 1. The number of aryl methyl sites for hydroxylation is 1. The van der Waals surface area contributed by atoms with E-state index < -0.39 is 0 Å². The highest BCUT2D eigenvalue weighted by Gasteiger charge is 2.24. The van der Waals surface area contributed by atoms with Crippen LogP contribution in [0.25, 0.3) is 0 Å². The van der Waals surface area contributed by atoms with Gasteiger partial charge in [-0.15, -0.1) is 0 Å². The summed E-state index contributed by atoms with van der Waals surface area (Å²) in [7, 11) is 0. The molecule has 0 amide bonds. The SMILES string of the molecule is CCC1CCCCC1NC(C)COc1ccc(C)cc1. The van der Waals surface area contributed by atoms with Crippen LogP contribution in [0.15, 0.2) is 24.3 Å². The Morgan fingerprint density at radius 3 is 2.60 bits per heavy atom. The van der Waals surface area contributed by atoms with Gasteiger partial charge in [0.05, 0.1) is 0 Å². The Bertz CT molecular complexity index is 387. The van der Waals surface area contributed by atoms with E-state index in [9.17, 15) is 0 Å². The molecule has 0 aliphatic heterocycles. The predicted octanol–water partition coefficient (Wildman–Crippen LogP) is 4.32. The molecule has 1 aromatic carbocycles. The Hall–Kier alpha value is -1.02. The minimum absolute atomic E-state index is 0.411. The van der Waals surface area contributed by atoms with Gasteiger partial charge in [-0.05, 0) is 44.7 Å². The fourth-order valence-electron chi connectivity index (χ4n) is 3.19. The van der Waals surface area contributed by atoms with Crippen molar-refractivity contribution in [3.63, 3.8) is 0 Å². The van der Waals surface area contributed by atoms with Crippen molar-refractivity contribution in [3.05, 3.63) is 29.8 Å². The van der Waals surface area contributed by atoms with E-state index in [1.165, 1.54) is 37.7 Å². The van der Waals surface area contributed by atoms with Gasteiger partial charge in [0.1, 0.15) is 12.4 Å². The lowest BCUT2D eigenvalue weighted by Gasteiger charge is -2.33. The van der Waals surface area contributed by atoms with Gasteiger partial charge < -0.3 is 10.1 Å². The summed E-state index contributed by atoms with van der Waals surface area (Å²) in [6, 6.07) is 9.40. The summed E-state index contributed by atoms with van der Waals surface area (Å²) >= 11 is 0. The first-order valence-electron chi connectivity index (χ1n) is 8.14. The fraction of sp³-hybridized carbons (Fsp3) is 0.667. The molecule has 2 nitrogen and oxygen atoms in total. The molecule has 1 N–H and O–H groups in total. The lowest BCUT2D eigenvalue weighted by molar-refractivity contribution is 0.204. The normalized spacial score (nSPS) is 24.4. The molecule has 2 heteroatoms. The van der Waals surface area contributed by atoms with Gasteiger partial charge >= 0.3 is 0 Å². The van der Waals surface area contributed by atoms with Crippen LogP contribution < -0.4 is 10.1 Å². The molecular weight excluding hydrogens is 246 g/mol. The van der Waals surface area contributed by atoms with Crippen molar-refractivity contribution in [1.29, 1.82) is 0 Å². The van der Waals surface area contributed by atoms with Crippen molar-refractivity contribution >= 4 is 0 Å². The number of rotatable bonds is 6. The summed E-state index contributed by atoms with van der Waals surface area (Å²) < 4.78 is 5.87. The quantitative estimate of drug-likeness (QED) is 0.834. The average molecular weight is 275 g/mol. The van der Waals surface area contributed by atoms with Crippen molar-refractivity contribution in [2.45, 2.75) is 65.0 Å². The van der Waals surface area contributed by atoms with Gasteiger partial charge in [0.15, 0.2) is 0 Å². The number of benzene rings is 1. The lowest BCUT2D eigenvalue weighted by atomic mass is 9.82. The van der Waals surface area contributed by atoms with E-state index in [-0.39, 0.29) is 0 Å². The Morgan fingerprint density at radius 1 is 1.20 bits per heavy atom. The fourth-order valence-corrected chi connectivity index (χ4v) is 3.19. The molecule has 1 aromatic rings. The monoisotopic (exact) mass is 275 g/mol. The number of hydrogen-bond acceptors (Lipinski definition) is 2. The van der Waals surface area contributed by atoms with Crippen LogP contribution in [0.1, 0.15) is 51.5 Å². The molecule has 20 heavy (non-hydrogen) atoms. The van der Waals surface area contributed by atoms with Gasteiger partial charge in [-0.1, -0.05) is 43.9 Å². The molecule has 0 bridgehead atoms. The third kappa shape index (κ3) is 4.52. The van der Waals surface area contributed by atoms with E-state index in [1.54, 1.807) is 0 Å². The third-order valence-corrected chi connectivity index (χ3v) is 4.45. The first-order valence-corrected chi connectivity index (χ1v) is 8.14. The molecule has 3 unspecified atom stereocenters. The van der Waals surface area contributed by atoms with E-state index in [4.69, 9.17) is 4.74 Å². The minimum Gasteiger partial charge on any atom is -0.492 e. The van der Waals surface area contributed by atoms with Crippen molar-refractivity contribution in [2.75, 3.05) is 6.61 Å². The van der Waals surface area contributed by atoms with E-state index in [1.807, 2.05) is 0 Å². The second kappa shape index (κ2) is 7.68. The molecule has 0 aromatic heterocycles. The molecule has 0 heterocycles. The van der Waals surface area contributed by atoms with Gasteiger partial charge in [0.2, 0.25) is 0 Å². The topological polar surface area (TPSA) is 21.3 Å². The molecule has 1 saturated carbocycles. The van der Waals surface area contributed by atoms with Crippen molar-refractivity contribution in [3.8, 4) is 5.75 Å². The van der Waals surface area contributed by atoms with Crippen LogP contribution in [0.5, 0.6) is 5.75 Å². The maximum Gasteiger partial charge on any atom is 0.119 e. The summed E-state index contributed by atoms with van der Waals surface area (Å²) in [5.41, 5.74) is 1.27. The molecule has 1 aliphatic rings. The van der Waals surface area contributed by atoms with Crippen LogP contribution in [0.2, 0.25) is 0 Å². The smallest absolute Gasteiger partial charge is 0.119 e. The third-order valence-electron chi connectivity index (χ3n) is 4.45. The highest BCUT2D eigenvalue weighted by Crippen LogP contribution is 2.27. The van der Waals surface area contributed by atoms with E-state index in [0.29, 0.717) is 12.1 Å². The Labute approximate surface area is 123 Å². The maximum absolute atomic E-state index is 5.87. The second-order valence-corrected chi connectivity index (χ2v) is 6.25. The van der Waals surface area contributed by atoms with Crippen molar-refractivity contribution in [2.24, 2.45) is 5.92 Å². The molecule has 2 rings (SSSR count). The largest absolute Gasteiger partial charge is 0.492 e. The number of nitrogens with one attached hydrogen (secondary N) is 1. The lowest BCUT2D eigenvalue weighted by Crippen LogP contribution is -2.45. The summed E-state index contributed by atoms with van der Waals surface area (Å²) in [6.45, 7) is 7.39. The summed E-state index contributed by atoms with van der Waals surface area (Å²) in [5, 5.41) is 3.78. The molecule has 3 atom stereocenters. The second-order valence-electron chi connectivity index (χ2n) is 6.25. The van der Waals surface area contributed by atoms with Gasteiger partial charge in [0, 0.05) is 12.1 Å². The molecule has 1 fully saturated rings. The van der Waals surface area contributed by atoms with Crippen LogP contribution in [-0.4, -0.2) is 18.7 Å². The molecule has 0 radical (unpaired) electrons. The van der Waals surface area contributed by atoms with E-state index in [2.05, 4.69) is 50.4 Å². The zero-order chi connectivity index (χ0) is 14.4. The minimum atomic E-state index is 0.411. The van der Waals surface area contributed by atoms with Crippen LogP contribution in [0.4, 0.5) is 0 Å². The van der Waals surface area contributed by atoms with E-state index in [0.717, 1.165) is 18.3 Å². The Morgan fingerprint density at radius 2 is 1.90 bits per heavy atom. The van der Waals surface area contributed by atoms with Crippen molar-refractivity contribution < 1.29 is 4.74 Å². The van der Waals surface area contributed by atoms with Gasteiger partial charge in [0.25, 0.3) is 0 Å². The standard InChI is InChI=1S/C18H29NO/c1-4-16-7-5-6-8-18(16)19-15(3)13-20-17-11-9-14(2)10-12-17/h9-12,15-16,18-19H,4-8,13H2,1-3H3. The molecule has 0 saturated heterocycles. The van der Waals surface area contributed by atoms with Crippen LogP contribution in [0.3, 0.4) is 0 Å². The summed E-state index contributed by atoms with van der Waals surface area (Å²) in [6.07, 6.45) is 6.79. The van der Waals surface area contributed by atoms with Gasteiger partial charge in [-0.25, -0.2) is 0 Å². The Balaban J connectivity index is 1.76. The van der Waals surface area contributed by atoms with Gasteiger partial charge in [-0.3, -0.25) is 0 Å². The van der Waals surface area contributed by atoms with Gasteiger partial charge in [-0.2, -0.15) is 0 Å². The first-order chi connectivity index (χ1) is 9.69. The van der Waals surface area contributed by atoms with Crippen molar-refractivity contribution in [1.82, 2.24) is 5.32 Å². The summed E-state index contributed by atoms with van der Waals surface area (Å²) in [4.78, 5) is 0. The van der Waals surface area contributed by atoms with Crippen LogP contribution in [-0.2, 0) is 0 Å². The number of hydrogen-bond donors (Lipinski definition) is 1. The maximum atomic E-state index is 5.87. The zero-order valence-corrected chi connectivity index (χ0v) is 13.2.